The molecular weight excluding hydrogens is 574 g/mol. The van der Waals surface area contributed by atoms with Crippen molar-refractivity contribution in [3.05, 3.63) is 71.3 Å². The maximum atomic E-state index is 14.4. The van der Waals surface area contributed by atoms with Gasteiger partial charge in [-0.1, -0.05) is 68.4 Å². The van der Waals surface area contributed by atoms with Crippen LogP contribution in [0, 0.1) is 0 Å². The van der Waals surface area contributed by atoms with Gasteiger partial charge in [0.25, 0.3) is 0 Å². The first-order valence-corrected chi connectivity index (χ1v) is 15.6. The Morgan fingerprint density at radius 2 is 1.38 bits per heavy atom. The average molecular weight is 626 g/mol. The van der Waals surface area contributed by atoms with Crippen molar-refractivity contribution < 1.29 is 33.8 Å². The molecule has 4 unspecified atom stereocenters. The number of benzene rings is 2. The average Bonchev–Trinajstić information content (AvgIpc) is 2.96. The van der Waals surface area contributed by atoms with Crippen LogP contribution in [0.25, 0.3) is 0 Å². The van der Waals surface area contributed by atoms with E-state index < -0.39 is 65.9 Å². The maximum Gasteiger partial charge on any atom is 0.408 e. The number of alkyl carbamates (subject to hydrolysis) is 1. The van der Waals surface area contributed by atoms with Crippen LogP contribution in [0.3, 0.4) is 0 Å². The minimum atomic E-state index is -1.38. The fourth-order valence-electron chi connectivity index (χ4n) is 4.65. The third-order valence-electron chi connectivity index (χ3n) is 7.01. The van der Waals surface area contributed by atoms with E-state index in [1.165, 1.54) is 4.90 Å². The Hall–Kier alpha value is -3.92. The predicted molar refractivity (Wildman–Crippen MR) is 173 cm³/mol. The number of nitrogens with zero attached hydrogens (tertiary/aromatic N) is 1. The van der Waals surface area contributed by atoms with Gasteiger partial charge in [0.15, 0.2) is 0 Å². The first-order chi connectivity index (χ1) is 21.0. The molecule has 0 heterocycles. The lowest BCUT2D eigenvalue weighted by molar-refractivity contribution is -0.159. The zero-order valence-corrected chi connectivity index (χ0v) is 28.2. The Bertz CT molecular complexity index is 1270. The van der Waals surface area contributed by atoms with E-state index in [0.29, 0.717) is 12.0 Å². The highest BCUT2D eigenvalue weighted by atomic mass is 16.6. The standard InChI is InChI=1S/C35H51N3O7/c1-10-23(3)38(31(41)28(22-39)37-33(43)45-35(7,8)9)29(26-19-17-24(11-2)18-20-26)30(40)36-27(32(42)44-34(4,5)6)21-25-15-13-12-14-16-25/h12-20,23,27-29,39H,10-11,21-22H2,1-9H3,(H,36,40)(H,37,43). The van der Waals surface area contributed by atoms with Crippen molar-refractivity contribution in [1.82, 2.24) is 15.5 Å². The summed E-state index contributed by atoms with van der Waals surface area (Å²) < 4.78 is 11.0. The van der Waals surface area contributed by atoms with Gasteiger partial charge in [-0.05, 0) is 78.0 Å². The first-order valence-electron chi connectivity index (χ1n) is 15.6. The topological polar surface area (TPSA) is 134 Å². The van der Waals surface area contributed by atoms with Crippen LogP contribution in [0.2, 0.25) is 0 Å². The Morgan fingerprint density at radius 3 is 1.87 bits per heavy atom. The number of nitrogens with one attached hydrogen (secondary N) is 2. The number of carbonyl (C=O) groups is 4. The number of ether oxygens (including phenoxy) is 2. The van der Waals surface area contributed by atoms with Gasteiger partial charge in [-0.3, -0.25) is 9.59 Å². The Balaban J connectivity index is 2.60. The van der Waals surface area contributed by atoms with Crippen LogP contribution in [0.5, 0.6) is 0 Å². The smallest absolute Gasteiger partial charge is 0.408 e. The second-order valence-corrected chi connectivity index (χ2v) is 13.2. The van der Waals surface area contributed by atoms with Crippen LogP contribution < -0.4 is 10.6 Å². The van der Waals surface area contributed by atoms with E-state index in [-0.39, 0.29) is 6.42 Å². The van der Waals surface area contributed by atoms with Gasteiger partial charge in [0, 0.05) is 12.5 Å². The lowest BCUT2D eigenvalue weighted by Gasteiger charge is -2.38. The number of rotatable bonds is 13. The molecule has 0 bridgehead atoms. The highest BCUT2D eigenvalue weighted by Gasteiger charge is 2.40. The number of aliphatic hydroxyl groups excluding tert-OH is 1. The zero-order chi connectivity index (χ0) is 33.9. The van der Waals surface area contributed by atoms with Crippen molar-refractivity contribution in [3.8, 4) is 0 Å². The number of hydrogen-bond donors (Lipinski definition) is 3. The monoisotopic (exact) mass is 625 g/mol. The molecule has 2 rings (SSSR count). The van der Waals surface area contributed by atoms with Gasteiger partial charge in [-0.25, -0.2) is 9.59 Å². The van der Waals surface area contributed by atoms with Crippen LogP contribution in [0.1, 0.15) is 91.5 Å². The zero-order valence-electron chi connectivity index (χ0n) is 28.2. The summed E-state index contributed by atoms with van der Waals surface area (Å²) in [5.41, 5.74) is 0.730. The summed E-state index contributed by atoms with van der Waals surface area (Å²) in [7, 11) is 0. The summed E-state index contributed by atoms with van der Waals surface area (Å²) in [6.07, 6.45) is 0.530. The lowest BCUT2D eigenvalue weighted by atomic mass is 9.97. The number of aliphatic hydroxyl groups is 1. The summed E-state index contributed by atoms with van der Waals surface area (Å²) in [6.45, 7) is 15.3. The third-order valence-corrected chi connectivity index (χ3v) is 7.01. The second kappa shape index (κ2) is 16.4. The minimum absolute atomic E-state index is 0.166. The molecule has 3 amide bonds. The lowest BCUT2D eigenvalue weighted by Crippen LogP contribution is -2.58. The number of esters is 1. The minimum Gasteiger partial charge on any atom is -0.458 e. The van der Waals surface area contributed by atoms with Crippen molar-refractivity contribution in [1.29, 1.82) is 0 Å². The summed E-state index contributed by atoms with van der Waals surface area (Å²) >= 11 is 0. The molecule has 2 aromatic carbocycles. The van der Waals surface area contributed by atoms with E-state index in [4.69, 9.17) is 9.47 Å². The van der Waals surface area contributed by atoms with Crippen molar-refractivity contribution in [2.45, 2.75) is 117 Å². The fraction of sp³-hybridized carbons (Fsp3) is 0.543. The fourth-order valence-corrected chi connectivity index (χ4v) is 4.65. The summed E-state index contributed by atoms with van der Waals surface area (Å²) in [5, 5.41) is 15.5. The van der Waals surface area contributed by atoms with E-state index in [2.05, 4.69) is 10.6 Å². The largest absolute Gasteiger partial charge is 0.458 e. The molecular formula is C35H51N3O7. The van der Waals surface area contributed by atoms with Crippen LogP contribution in [0.4, 0.5) is 4.79 Å². The van der Waals surface area contributed by atoms with Gasteiger partial charge in [-0.15, -0.1) is 0 Å². The Labute approximate surface area is 267 Å². The number of hydrogen-bond acceptors (Lipinski definition) is 7. The summed E-state index contributed by atoms with van der Waals surface area (Å²) in [6, 6.07) is 12.4. The van der Waals surface area contributed by atoms with E-state index in [0.717, 1.165) is 17.5 Å². The predicted octanol–water partition coefficient (Wildman–Crippen LogP) is 4.87. The van der Waals surface area contributed by atoms with E-state index in [1.807, 2.05) is 56.3 Å². The Kier molecular flexibility index (Phi) is 13.6. The molecule has 0 aliphatic rings. The van der Waals surface area contributed by atoms with Gasteiger partial charge in [0.2, 0.25) is 11.8 Å². The van der Waals surface area contributed by atoms with E-state index >= 15 is 0 Å². The highest BCUT2D eigenvalue weighted by molar-refractivity contribution is 5.94. The number of aryl methyl sites for hydroxylation is 1. The molecule has 0 saturated carbocycles. The third kappa shape index (κ3) is 11.8. The normalized spacial score (nSPS) is 14.4. The van der Waals surface area contributed by atoms with E-state index in [9.17, 15) is 24.3 Å². The van der Waals surface area contributed by atoms with Gasteiger partial charge in [-0.2, -0.15) is 0 Å². The van der Waals surface area contributed by atoms with Crippen molar-refractivity contribution >= 4 is 23.9 Å². The Morgan fingerprint density at radius 1 is 0.800 bits per heavy atom. The summed E-state index contributed by atoms with van der Waals surface area (Å²) in [5.74, 6) is -1.89. The van der Waals surface area contributed by atoms with Crippen molar-refractivity contribution in [2.24, 2.45) is 0 Å². The van der Waals surface area contributed by atoms with Crippen LogP contribution in [-0.2, 0) is 36.7 Å². The van der Waals surface area contributed by atoms with Crippen LogP contribution in [-0.4, -0.2) is 69.8 Å². The van der Waals surface area contributed by atoms with Crippen LogP contribution >= 0.6 is 0 Å². The highest BCUT2D eigenvalue weighted by Crippen LogP contribution is 2.27. The molecule has 45 heavy (non-hydrogen) atoms. The molecule has 3 N–H and O–H groups in total. The number of amides is 3. The van der Waals surface area contributed by atoms with Gasteiger partial charge in [0.1, 0.15) is 29.3 Å². The van der Waals surface area contributed by atoms with E-state index in [1.54, 1.807) is 60.6 Å². The van der Waals surface area contributed by atoms with Crippen molar-refractivity contribution in [2.75, 3.05) is 6.61 Å². The molecule has 10 heteroatoms. The first kappa shape index (κ1) is 37.3. The maximum absolute atomic E-state index is 14.4. The molecule has 0 aliphatic carbocycles. The molecule has 10 nitrogen and oxygen atoms in total. The molecule has 0 spiro atoms. The molecule has 248 valence electrons. The number of carbonyl (C=O) groups excluding carboxylic acids is 4. The second-order valence-electron chi connectivity index (χ2n) is 13.2. The summed E-state index contributed by atoms with van der Waals surface area (Å²) in [4.78, 5) is 55.9. The SMILES string of the molecule is CCc1ccc(C(C(=O)NC(Cc2ccccc2)C(=O)OC(C)(C)C)N(C(=O)C(CO)NC(=O)OC(C)(C)C)C(C)CC)cc1. The molecule has 0 aliphatic heterocycles. The van der Waals surface area contributed by atoms with Gasteiger partial charge in [0.05, 0.1) is 6.61 Å². The van der Waals surface area contributed by atoms with Crippen molar-refractivity contribution in [3.63, 3.8) is 0 Å². The quantitative estimate of drug-likeness (QED) is 0.270. The molecule has 0 radical (unpaired) electrons. The van der Waals surface area contributed by atoms with Crippen LogP contribution in [0.15, 0.2) is 54.6 Å². The molecule has 4 atom stereocenters. The molecule has 0 saturated heterocycles. The molecule has 0 aromatic heterocycles. The molecule has 2 aromatic rings. The molecule has 0 fully saturated rings. The van der Waals surface area contributed by atoms with Gasteiger partial charge < -0.3 is 30.1 Å². The van der Waals surface area contributed by atoms with Gasteiger partial charge >= 0.3 is 12.1 Å².